The second-order valence-electron chi connectivity index (χ2n) is 8.75. The number of piperazine rings is 1. The Morgan fingerprint density at radius 2 is 1.92 bits per heavy atom. The quantitative estimate of drug-likeness (QED) is 0.346. The van der Waals surface area contributed by atoms with E-state index in [0.717, 1.165) is 5.56 Å². The Kier molecular flexibility index (Phi) is 7.36. The lowest BCUT2D eigenvalue weighted by Crippen LogP contribution is -2.60. The van der Waals surface area contributed by atoms with Gasteiger partial charge in [0, 0.05) is 44.3 Å². The molecular weight excluding hydrogens is 528 g/mol. The van der Waals surface area contributed by atoms with Crippen molar-refractivity contribution in [2.75, 3.05) is 24.5 Å². The fourth-order valence-electron chi connectivity index (χ4n) is 4.17. The highest BCUT2D eigenvalue weighted by atomic mass is 35.5. The van der Waals surface area contributed by atoms with Crippen molar-refractivity contribution >= 4 is 33.3 Å². The van der Waals surface area contributed by atoms with Crippen molar-refractivity contribution < 1.29 is 13.2 Å². The van der Waals surface area contributed by atoms with E-state index in [1.54, 1.807) is 71.9 Å². The normalized spacial score (nSPS) is 16.4. The summed E-state index contributed by atoms with van der Waals surface area (Å²) in [7, 11) is -3.95. The Morgan fingerprint density at radius 3 is 2.63 bits per heavy atom. The van der Waals surface area contributed by atoms with E-state index < -0.39 is 22.0 Å². The van der Waals surface area contributed by atoms with Crippen molar-refractivity contribution in [2.24, 2.45) is 0 Å². The van der Waals surface area contributed by atoms with E-state index in [2.05, 4.69) is 25.3 Å². The zero-order chi connectivity index (χ0) is 26.7. The molecule has 38 heavy (non-hydrogen) atoms. The molecular formula is C25H25ClN8O3S. The predicted molar refractivity (Wildman–Crippen MR) is 141 cm³/mol. The third-order valence-electron chi connectivity index (χ3n) is 6.16. The zero-order valence-corrected chi connectivity index (χ0v) is 22.0. The van der Waals surface area contributed by atoms with Gasteiger partial charge < -0.3 is 10.2 Å². The number of aromatic nitrogens is 5. The molecule has 1 aromatic carbocycles. The number of amides is 1. The summed E-state index contributed by atoms with van der Waals surface area (Å²) in [5.74, 6) is 0.352. The summed E-state index contributed by atoms with van der Waals surface area (Å²) in [5, 5.41) is 3.06. The molecule has 3 aromatic heterocycles. The van der Waals surface area contributed by atoms with E-state index in [0.29, 0.717) is 24.0 Å². The van der Waals surface area contributed by atoms with Gasteiger partial charge in [0.25, 0.3) is 0 Å². The van der Waals surface area contributed by atoms with Crippen LogP contribution >= 0.6 is 11.6 Å². The standard InChI is InChI=1S/C25H25ClN8O3S/c1-18-5-7-20(8-6-18)38(36,37)34-13-12-32(16-21(34)24(35)29-15-19-4-2-3-9-28-19)23-14-22(26)30-25(31-23)33-11-10-27-17-33/h2-11,14,17,21H,12-13,15-16H2,1H3,(H,29,35). The van der Waals surface area contributed by atoms with Gasteiger partial charge in [0.05, 0.1) is 17.1 Å². The van der Waals surface area contributed by atoms with Crippen LogP contribution in [0.25, 0.3) is 5.95 Å². The number of nitrogens with zero attached hydrogens (tertiary/aromatic N) is 7. The molecule has 1 N–H and O–H groups in total. The maximum Gasteiger partial charge on any atom is 0.243 e. The Labute approximate surface area is 225 Å². The van der Waals surface area contributed by atoms with Crippen molar-refractivity contribution in [3.8, 4) is 5.95 Å². The number of sulfonamides is 1. The van der Waals surface area contributed by atoms with Crippen molar-refractivity contribution in [3.05, 3.63) is 89.9 Å². The Bertz CT molecular complexity index is 1520. The van der Waals surface area contributed by atoms with Gasteiger partial charge in [-0.15, -0.1) is 0 Å². The summed E-state index contributed by atoms with van der Waals surface area (Å²) in [5.41, 5.74) is 1.60. The first kappa shape index (κ1) is 25.8. The van der Waals surface area contributed by atoms with Gasteiger partial charge in [-0.25, -0.2) is 18.4 Å². The Hall–Kier alpha value is -3.87. The molecule has 1 atom stereocenters. The first-order valence-electron chi connectivity index (χ1n) is 11.9. The predicted octanol–water partition coefficient (Wildman–Crippen LogP) is 2.22. The van der Waals surface area contributed by atoms with E-state index in [4.69, 9.17) is 11.6 Å². The van der Waals surface area contributed by atoms with Crippen LogP contribution in [0.4, 0.5) is 5.82 Å². The minimum absolute atomic E-state index is 0.0653. The molecule has 1 saturated heterocycles. The molecule has 13 heteroatoms. The second kappa shape index (κ2) is 10.9. The number of anilines is 1. The van der Waals surface area contributed by atoms with Crippen LogP contribution in [-0.4, -0.2) is 68.8 Å². The Morgan fingerprint density at radius 1 is 1.11 bits per heavy atom. The lowest BCUT2D eigenvalue weighted by atomic mass is 10.2. The first-order valence-corrected chi connectivity index (χ1v) is 13.7. The van der Waals surface area contributed by atoms with E-state index >= 15 is 0 Å². The van der Waals surface area contributed by atoms with E-state index in [1.807, 2.05) is 17.9 Å². The summed E-state index contributed by atoms with van der Waals surface area (Å²) in [6.07, 6.45) is 6.47. The van der Waals surface area contributed by atoms with Crippen molar-refractivity contribution in [1.29, 1.82) is 0 Å². The van der Waals surface area contributed by atoms with Crippen LogP contribution in [0.2, 0.25) is 5.15 Å². The monoisotopic (exact) mass is 552 g/mol. The number of aryl methyl sites for hydroxylation is 1. The highest BCUT2D eigenvalue weighted by Crippen LogP contribution is 2.26. The van der Waals surface area contributed by atoms with Gasteiger partial charge in [-0.1, -0.05) is 35.4 Å². The summed E-state index contributed by atoms with van der Waals surface area (Å²) in [4.78, 5) is 32.5. The summed E-state index contributed by atoms with van der Waals surface area (Å²) in [6.45, 7) is 2.48. The van der Waals surface area contributed by atoms with Gasteiger partial charge >= 0.3 is 0 Å². The topological polar surface area (TPSA) is 126 Å². The molecule has 1 aliphatic rings. The second-order valence-corrected chi connectivity index (χ2v) is 11.0. The fourth-order valence-corrected chi connectivity index (χ4v) is 5.91. The van der Waals surface area contributed by atoms with E-state index in [9.17, 15) is 13.2 Å². The molecule has 0 spiro atoms. The number of halogens is 1. The van der Waals surface area contributed by atoms with E-state index in [1.165, 1.54) is 4.31 Å². The number of hydrogen-bond acceptors (Lipinski definition) is 8. The summed E-state index contributed by atoms with van der Waals surface area (Å²) >= 11 is 6.29. The van der Waals surface area contributed by atoms with Crippen LogP contribution in [0.1, 0.15) is 11.3 Å². The summed E-state index contributed by atoms with van der Waals surface area (Å²) in [6, 6.07) is 12.5. The summed E-state index contributed by atoms with van der Waals surface area (Å²) < 4.78 is 30.2. The highest BCUT2D eigenvalue weighted by molar-refractivity contribution is 7.89. The number of hydrogen-bond donors (Lipinski definition) is 1. The van der Waals surface area contributed by atoms with Crippen LogP contribution < -0.4 is 10.2 Å². The first-order chi connectivity index (χ1) is 18.3. The number of rotatable bonds is 7. The average Bonchev–Trinajstić information content (AvgIpc) is 3.47. The van der Waals surface area contributed by atoms with Crippen LogP contribution in [0.3, 0.4) is 0 Å². The van der Waals surface area contributed by atoms with Gasteiger partial charge in [0.1, 0.15) is 23.3 Å². The third kappa shape index (κ3) is 5.52. The van der Waals surface area contributed by atoms with Gasteiger partial charge in [0.15, 0.2) is 0 Å². The maximum atomic E-state index is 13.7. The van der Waals surface area contributed by atoms with Gasteiger partial charge in [-0.2, -0.15) is 9.29 Å². The fraction of sp³-hybridized carbons (Fsp3) is 0.240. The molecule has 5 rings (SSSR count). The number of benzene rings is 1. The van der Waals surface area contributed by atoms with Crippen LogP contribution in [0, 0.1) is 6.92 Å². The number of imidazole rings is 1. The van der Waals surface area contributed by atoms with Crippen LogP contribution in [-0.2, 0) is 21.4 Å². The molecule has 0 bridgehead atoms. The van der Waals surface area contributed by atoms with Crippen molar-refractivity contribution in [3.63, 3.8) is 0 Å². The van der Waals surface area contributed by atoms with Crippen molar-refractivity contribution in [1.82, 2.24) is 34.1 Å². The average molecular weight is 553 g/mol. The Balaban J connectivity index is 1.45. The molecule has 4 aromatic rings. The maximum absolute atomic E-state index is 13.7. The molecule has 1 aliphatic heterocycles. The lowest BCUT2D eigenvalue weighted by molar-refractivity contribution is -0.125. The van der Waals surface area contributed by atoms with Crippen LogP contribution in [0.15, 0.2) is 78.3 Å². The lowest BCUT2D eigenvalue weighted by Gasteiger charge is -2.40. The van der Waals surface area contributed by atoms with Gasteiger partial charge in [-0.05, 0) is 31.2 Å². The zero-order valence-electron chi connectivity index (χ0n) is 20.5. The molecule has 0 aliphatic carbocycles. The minimum Gasteiger partial charge on any atom is -0.353 e. The van der Waals surface area contributed by atoms with Crippen molar-refractivity contribution in [2.45, 2.75) is 24.4 Å². The molecule has 1 unspecified atom stereocenters. The molecule has 4 heterocycles. The molecule has 1 amide bonds. The number of carbonyl (C=O) groups excluding carboxylic acids is 1. The SMILES string of the molecule is Cc1ccc(S(=O)(=O)N2CCN(c3cc(Cl)nc(-n4ccnc4)n3)CC2C(=O)NCc2ccccn2)cc1. The smallest absolute Gasteiger partial charge is 0.243 e. The van der Waals surface area contributed by atoms with Crippen LogP contribution in [0.5, 0.6) is 0 Å². The highest BCUT2D eigenvalue weighted by Gasteiger charge is 2.40. The molecule has 0 saturated carbocycles. The number of carbonyl (C=O) groups is 1. The molecule has 11 nitrogen and oxygen atoms in total. The molecule has 196 valence electrons. The number of pyridine rings is 1. The minimum atomic E-state index is -3.95. The largest absolute Gasteiger partial charge is 0.353 e. The van der Waals surface area contributed by atoms with E-state index in [-0.39, 0.29) is 29.7 Å². The number of nitrogens with one attached hydrogen (secondary N) is 1. The third-order valence-corrected chi connectivity index (χ3v) is 8.28. The molecule has 1 fully saturated rings. The molecule has 0 radical (unpaired) electrons. The van der Waals surface area contributed by atoms with Gasteiger partial charge in [0.2, 0.25) is 21.9 Å². The van der Waals surface area contributed by atoms with Gasteiger partial charge in [-0.3, -0.25) is 14.3 Å².